The molecule has 3 aromatic carbocycles. The molecule has 192 valence electrons. The number of hydrogen-bond donors (Lipinski definition) is 0. The molecular weight excluding hydrogens is 538 g/mol. The van der Waals surface area contributed by atoms with Crippen molar-refractivity contribution in [2.75, 3.05) is 13.2 Å². The lowest BCUT2D eigenvalue weighted by molar-refractivity contribution is 0.146. The molecule has 0 bridgehead atoms. The fourth-order valence-electron chi connectivity index (χ4n) is 5.23. The average molecular weight is 575 g/mol. The Kier molecular flexibility index (Phi) is 8.77. The highest BCUT2D eigenvalue weighted by Gasteiger charge is 2.50. The zero-order chi connectivity index (χ0) is 26.5. The molecule has 0 spiro atoms. The maximum absolute atomic E-state index is 7.21. The second kappa shape index (κ2) is 11.8. The normalized spacial score (nSPS) is 13.0. The van der Waals surface area contributed by atoms with E-state index in [0.29, 0.717) is 19.8 Å². The summed E-state index contributed by atoms with van der Waals surface area (Å²) in [5.74, 6) is 2.85. The van der Waals surface area contributed by atoms with Gasteiger partial charge in [-0.3, -0.25) is 0 Å². The summed E-state index contributed by atoms with van der Waals surface area (Å²) in [5, 5.41) is 3.76. The maximum Gasteiger partial charge on any atom is 0.261 e. The minimum absolute atomic E-state index is 0.0470. The summed E-state index contributed by atoms with van der Waals surface area (Å²) in [7, 11) is -2.58. The van der Waals surface area contributed by atoms with E-state index in [1.807, 2.05) is 0 Å². The topological polar surface area (TPSA) is 23.4 Å². The summed E-state index contributed by atoms with van der Waals surface area (Å²) >= 11 is 3.65. The van der Waals surface area contributed by atoms with Crippen LogP contribution < -0.4 is 10.4 Å². The van der Waals surface area contributed by atoms with Crippen molar-refractivity contribution < 1.29 is 9.16 Å². The Morgan fingerprint density at radius 2 is 1.57 bits per heavy atom. The van der Waals surface area contributed by atoms with Gasteiger partial charge in [-0.2, -0.15) is 0 Å². The molecule has 1 unspecified atom stereocenters. The number of nitrogens with zero attached hydrogens (tertiary/aromatic N) is 1. The van der Waals surface area contributed by atoms with E-state index in [2.05, 4.69) is 139 Å². The summed E-state index contributed by atoms with van der Waals surface area (Å²) in [5.41, 5.74) is 2.31. The Morgan fingerprint density at radius 3 is 2.14 bits per heavy atom. The lowest BCUT2D eigenvalue weighted by atomic mass is 10.2. The fourth-order valence-corrected chi connectivity index (χ4v) is 10.3. The van der Waals surface area contributed by atoms with Gasteiger partial charge in [0.2, 0.25) is 0 Å². The molecule has 0 saturated carbocycles. The SMILES string of the molecule is C#CCOCc1cc2ccc(Br)cc2n1CC(C)CO[Si](c1ccccc1)(c1ccccc1)C(C)(C)C. The van der Waals surface area contributed by atoms with Gasteiger partial charge in [0.25, 0.3) is 8.32 Å². The van der Waals surface area contributed by atoms with E-state index < -0.39 is 8.32 Å². The molecule has 0 fully saturated rings. The van der Waals surface area contributed by atoms with Crippen molar-refractivity contribution in [2.24, 2.45) is 5.92 Å². The molecule has 1 heterocycles. The van der Waals surface area contributed by atoms with Crippen LogP contribution in [0.2, 0.25) is 5.04 Å². The van der Waals surface area contributed by atoms with Crippen LogP contribution in [0.25, 0.3) is 10.9 Å². The molecule has 3 nitrogen and oxygen atoms in total. The Bertz CT molecular complexity index is 1310. The second-order valence-electron chi connectivity index (χ2n) is 10.7. The standard InChI is InChI=1S/C32H36BrNO2Si/c1-6-19-35-24-28-20-26-17-18-27(33)21-31(26)34(28)22-25(2)23-36-37(32(3,4)5,29-13-9-7-10-14-29)30-15-11-8-12-16-30/h1,7-18,20-21,25H,19,22-24H2,2-5H3. The van der Waals surface area contributed by atoms with Gasteiger partial charge in [0, 0.05) is 34.2 Å². The zero-order valence-corrected chi connectivity index (χ0v) is 24.8. The smallest absolute Gasteiger partial charge is 0.261 e. The number of hydrogen-bond acceptors (Lipinski definition) is 2. The quantitative estimate of drug-likeness (QED) is 0.119. The van der Waals surface area contributed by atoms with Gasteiger partial charge in [-0.05, 0) is 39.5 Å². The Morgan fingerprint density at radius 1 is 0.946 bits per heavy atom. The van der Waals surface area contributed by atoms with Gasteiger partial charge in [-0.1, -0.05) is 116 Å². The molecule has 0 aliphatic heterocycles. The Hall–Kier alpha value is -2.62. The molecular formula is C32H36BrNO2Si. The highest BCUT2D eigenvalue weighted by Crippen LogP contribution is 2.37. The first-order valence-electron chi connectivity index (χ1n) is 12.8. The highest BCUT2D eigenvalue weighted by molar-refractivity contribution is 9.10. The molecule has 0 N–H and O–H groups in total. The Balaban J connectivity index is 1.66. The number of benzene rings is 3. The van der Waals surface area contributed by atoms with E-state index in [1.54, 1.807) is 0 Å². The van der Waals surface area contributed by atoms with Crippen molar-refractivity contribution in [3.05, 3.63) is 95.1 Å². The predicted octanol–water partition coefficient (Wildman–Crippen LogP) is 6.77. The molecule has 1 aromatic heterocycles. The van der Waals surface area contributed by atoms with Gasteiger partial charge < -0.3 is 13.7 Å². The fraction of sp³-hybridized carbons (Fsp3) is 0.312. The van der Waals surface area contributed by atoms with Crippen LogP contribution in [-0.2, 0) is 22.3 Å². The van der Waals surface area contributed by atoms with Crippen molar-refractivity contribution in [1.29, 1.82) is 0 Å². The summed E-state index contributed by atoms with van der Waals surface area (Å²) in [6.07, 6.45) is 5.42. The molecule has 4 aromatic rings. The van der Waals surface area contributed by atoms with Crippen molar-refractivity contribution >= 4 is 45.5 Å². The molecule has 37 heavy (non-hydrogen) atoms. The largest absolute Gasteiger partial charge is 0.407 e. The van der Waals surface area contributed by atoms with Gasteiger partial charge in [-0.25, -0.2) is 0 Å². The molecule has 0 radical (unpaired) electrons. The third-order valence-corrected chi connectivity index (χ3v) is 12.4. The third kappa shape index (κ3) is 5.94. The second-order valence-corrected chi connectivity index (χ2v) is 15.9. The molecule has 0 aliphatic rings. The molecule has 0 aliphatic carbocycles. The van der Waals surface area contributed by atoms with E-state index in [1.165, 1.54) is 21.3 Å². The predicted molar refractivity (Wildman–Crippen MR) is 161 cm³/mol. The zero-order valence-electron chi connectivity index (χ0n) is 22.2. The number of rotatable bonds is 10. The van der Waals surface area contributed by atoms with Crippen molar-refractivity contribution in [3.8, 4) is 12.3 Å². The van der Waals surface area contributed by atoms with Crippen LogP contribution in [0.15, 0.2) is 89.4 Å². The van der Waals surface area contributed by atoms with Gasteiger partial charge in [0.05, 0.1) is 6.61 Å². The lowest BCUT2D eigenvalue weighted by Crippen LogP contribution is -2.66. The van der Waals surface area contributed by atoms with Crippen molar-refractivity contribution in [2.45, 2.75) is 45.9 Å². The number of halogens is 1. The summed E-state index contributed by atoms with van der Waals surface area (Å²) in [6, 6.07) is 30.3. The van der Waals surface area contributed by atoms with Crippen molar-refractivity contribution in [3.63, 3.8) is 0 Å². The summed E-state index contributed by atoms with van der Waals surface area (Å²) in [6.45, 7) is 11.5. The van der Waals surface area contributed by atoms with E-state index in [4.69, 9.17) is 15.6 Å². The minimum Gasteiger partial charge on any atom is -0.407 e. The Labute approximate surface area is 231 Å². The first kappa shape index (κ1) is 27.4. The van der Waals surface area contributed by atoms with E-state index >= 15 is 0 Å². The van der Waals surface area contributed by atoms with Gasteiger partial charge in [-0.15, -0.1) is 6.42 Å². The molecule has 4 rings (SSSR count). The minimum atomic E-state index is -2.58. The average Bonchev–Trinajstić information content (AvgIpc) is 3.21. The first-order chi connectivity index (χ1) is 17.8. The highest BCUT2D eigenvalue weighted by atomic mass is 79.9. The number of fused-ring (bicyclic) bond motifs is 1. The molecule has 5 heteroatoms. The summed E-state index contributed by atoms with van der Waals surface area (Å²) in [4.78, 5) is 0. The van der Waals surface area contributed by atoms with Gasteiger partial charge in [0.1, 0.15) is 6.61 Å². The van der Waals surface area contributed by atoms with Gasteiger partial charge in [0.15, 0.2) is 0 Å². The monoisotopic (exact) mass is 573 g/mol. The molecule has 0 amide bonds. The summed E-state index contributed by atoms with van der Waals surface area (Å²) < 4.78 is 16.4. The first-order valence-corrected chi connectivity index (χ1v) is 15.5. The van der Waals surface area contributed by atoms with Gasteiger partial charge >= 0.3 is 0 Å². The molecule has 0 saturated heterocycles. The van der Waals surface area contributed by atoms with Crippen LogP contribution in [0.1, 0.15) is 33.4 Å². The van der Waals surface area contributed by atoms with Crippen LogP contribution in [-0.4, -0.2) is 26.1 Å². The van der Waals surface area contributed by atoms with Crippen LogP contribution in [0.3, 0.4) is 0 Å². The number of terminal acetylenes is 1. The lowest BCUT2D eigenvalue weighted by Gasteiger charge is -2.43. The van der Waals surface area contributed by atoms with E-state index in [-0.39, 0.29) is 11.0 Å². The number of aromatic nitrogens is 1. The van der Waals surface area contributed by atoms with Crippen LogP contribution in [0.4, 0.5) is 0 Å². The third-order valence-electron chi connectivity index (χ3n) is 6.88. The van der Waals surface area contributed by atoms with Crippen LogP contribution >= 0.6 is 15.9 Å². The molecule has 1 atom stereocenters. The van der Waals surface area contributed by atoms with E-state index in [9.17, 15) is 0 Å². The van der Waals surface area contributed by atoms with E-state index in [0.717, 1.165) is 16.7 Å². The van der Waals surface area contributed by atoms with Crippen molar-refractivity contribution in [1.82, 2.24) is 4.57 Å². The number of ether oxygens (including phenoxy) is 1. The maximum atomic E-state index is 7.21. The van der Waals surface area contributed by atoms with Crippen LogP contribution in [0.5, 0.6) is 0 Å². The van der Waals surface area contributed by atoms with Crippen LogP contribution in [0, 0.1) is 18.3 Å².